The van der Waals surface area contributed by atoms with Crippen LogP contribution in [0.3, 0.4) is 0 Å². The lowest BCUT2D eigenvalue weighted by Gasteiger charge is -2.18. The molecule has 2 rings (SSSR count). The van der Waals surface area contributed by atoms with E-state index in [0.29, 0.717) is 6.07 Å². The van der Waals surface area contributed by atoms with E-state index < -0.39 is 38.3 Å². The van der Waals surface area contributed by atoms with Gasteiger partial charge in [0, 0.05) is 6.54 Å². The van der Waals surface area contributed by atoms with Crippen molar-refractivity contribution in [2.75, 3.05) is 11.6 Å². The molecule has 0 heterocycles. The number of carbonyl (C=O) groups is 1. The Hall–Kier alpha value is -2.70. The number of carboxylic acid groups (broad SMARTS) is 1. The van der Waals surface area contributed by atoms with Crippen molar-refractivity contribution in [1.82, 2.24) is 0 Å². The summed E-state index contributed by atoms with van der Waals surface area (Å²) < 4.78 is 70.0. The first kappa shape index (κ1) is 22.6. The molecule has 0 atom stereocenters. The number of aromatic carboxylic acids is 1. The van der Waals surface area contributed by atoms with E-state index in [9.17, 15) is 31.5 Å². The topological polar surface area (TPSA) is 120 Å². The molecule has 0 saturated carbocycles. The second kappa shape index (κ2) is 8.35. The molecule has 0 aliphatic rings. The zero-order valence-corrected chi connectivity index (χ0v) is 16.1. The monoisotopic (exact) mass is 451 g/mol. The van der Waals surface area contributed by atoms with Crippen molar-refractivity contribution in [3.8, 4) is 0 Å². The Labute approximate surface area is 168 Å². The molecule has 0 aromatic heterocycles. The molecule has 0 unspecified atom stereocenters. The van der Waals surface area contributed by atoms with Gasteiger partial charge in [-0.15, -0.1) is 5.11 Å². The molecule has 8 nitrogen and oxygen atoms in total. The molecule has 0 radical (unpaired) electrons. The van der Waals surface area contributed by atoms with Crippen molar-refractivity contribution in [3.05, 3.63) is 52.5 Å². The molecule has 2 aromatic carbocycles. The van der Waals surface area contributed by atoms with Crippen LogP contribution in [0.1, 0.15) is 22.8 Å². The van der Waals surface area contributed by atoms with Gasteiger partial charge in [-0.1, -0.05) is 16.8 Å². The van der Waals surface area contributed by atoms with Gasteiger partial charge >= 0.3 is 12.1 Å². The number of anilines is 1. The molecule has 156 valence electrons. The quantitative estimate of drug-likeness (QED) is 0.369. The highest BCUT2D eigenvalue weighted by atomic mass is 35.5. The third-order valence-electron chi connectivity index (χ3n) is 3.61. The second-order valence-corrected chi connectivity index (χ2v) is 7.36. The van der Waals surface area contributed by atoms with Crippen LogP contribution < -0.4 is 5.01 Å². The Balaban J connectivity index is 2.49. The van der Waals surface area contributed by atoms with Gasteiger partial charge in [0.25, 0.3) is 10.1 Å². The summed E-state index contributed by atoms with van der Waals surface area (Å²) in [6, 6.07) is 5.20. The van der Waals surface area contributed by atoms with Crippen molar-refractivity contribution >= 4 is 39.1 Å². The summed E-state index contributed by atoms with van der Waals surface area (Å²) in [5, 5.41) is 17.6. The minimum absolute atomic E-state index is 0.0333. The first-order valence-electron chi connectivity index (χ1n) is 7.75. The van der Waals surface area contributed by atoms with E-state index in [-0.39, 0.29) is 22.9 Å². The average molecular weight is 452 g/mol. The van der Waals surface area contributed by atoms with E-state index >= 15 is 0 Å². The van der Waals surface area contributed by atoms with Gasteiger partial charge in [0.1, 0.15) is 5.69 Å². The number of alkyl halides is 3. The number of hydrogen-bond acceptors (Lipinski definition) is 5. The summed E-state index contributed by atoms with van der Waals surface area (Å²) in [4.78, 5) is 10.8. The third-order valence-corrected chi connectivity index (χ3v) is 4.78. The van der Waals surface area contributed by atoms with E-state index in [4.69, 9.17) is 16.2 Å². The van der Waals surface area contributed by atoms with Gasteiger partial charge in [-0.3, -0.25) is 4.55 Å². The van der Waals surface area contributed by atoms with Gasteiger partial charge in [-0.2, -0.15) is 21.6 Å². The fourth-order valence-electron chi connectivity index (χ4n) is 2.22. The van der Waals surface area contributed by atoms with Crippen LogP contribution in [0.5, 0.6) is 0 Å². The SMILES string of the molecule is CCN(N=Nc1cc(C(F)(F)F)ccc1Cl)c1ccc(S(=O)(=O)O)cc1C(=O)O. The summed E-state index contributed by atoms with van der Waals surface area (Å²) in [5.41, 5.74) is -1.91. The summed E-state index contributed by atoms with van der Waals surface area (Å²) in [5.74, 6) is -1.52. The summed E-state index contributed by atoms with van der Waals surface area (Å²) in [6.45, 7) is 1.58. The second-order valence-electron chi connectivity index (χ2n) is 5.53. The molecular formula is C16H13ClF3N3O5S. The maximum atomic E-state index is 12.8. The van der Waals surface area contributed by atoms with E-state index in [0.717, 1.165) is 35.3 Å². The Morgan fingerprint density at radius 3 is 2.38 bits per heavy atom. The number of nitrogens with zero attached hydrogens (tertiary/aromatic N) is 3. The van der Waals surface area contributed by atoms with Crippen LogP contribution in [-0.2, 0) is 16.3 Å². The van der Waals surface area contributed by atoms with Crippen LogP contribution in [-0.4, -0.2) is 30.6 Å². The molecule has 2 aromatic rings. The zero-order valence-electron chi connectivity index (χ0n) is 14.6. The average Bonchev–Trinajstić information content (AvgIpc) is 2.61. The van der Waals surface area contributed by atoms with Crippen molar-refractivity contribution < 1.29 is 36.0 Å². The summed E-state index contributed by atoms with van der Waals surface area (Å²) in [6.07, 6.45) is -4.62. The van der Waals surface area contributed by atoms with Gasteiger partial charge in [0.2, 0.25) is 0 Å². The number of hydrogen-bond donors (Lipinski definition) is 2. The lowest BCUT2D eigenvalue weighted by atomic mass is 10.1. The van der Waals surface area contributed by atoms with Gasteiger partial charge in [0.05, 0.1) is 26.7 Å². The normalized spacial score (nSPS) is 12.3. The van der Waals surface area contributed by atoms with Crippen molar-refractivity contribution in [1.29, 1.82) is 0 Å². The predicted molar refractivity (Wildman–Crippen MR) is 97.2 cm³/mol. The Bertz CT molecular complexity index is 1070. The fourth-order valence-corrected chi connectivity index (χ4v) is 2.88. The largest absolute Gasteiger partial charge is 0.478 e. The van der Waals surface area contributed by atoms with Crippen LogP contribution in [0.4, 0.5) is 24.5 Å². The van der Waals surface area contributed by atoms with Crippen LogP contribution >= 0.6 is 11.6 Å². The van der Waals surface area contributed by atoms with E-state index in [1.54, 1.807) is 6.92 Å². The van der Waals surface area contributed by atoms with Crippen molar-refractivity contribution in [2.24, 2.45) is 10.3 Å². The number of rotatable bonds is 6. The van der Waals surface area contributed by atoms with Crippen LogP contribution in [0.15, 0.2) is 51.6 Å². The van der Waals surface area contributed by atoms with E-state index in [1.807, 2.05) is 0 Å². The Morgan fingerprint density at radius 1 is 1.21 bits per heavy atom. The lowest BCUT2D eigenvalue weighted by molar-refractivity contribution is -0.137. The zero-order chi connectivity index (χ0) is 22.0. The van der Waals surface area contributed by atoms with E-state index in [1.165, 1.54) is 0 Å². The number of carboxylic acids is 1. The first-order chi connectivity index (χ1) is 13.3. The molecular weight excluding hydrogens is 439 g/mol. The molecule has 0 saturated heterocycles. The first-order valence-corrected chi connectivity index (χ1v) is 9.57. The van der Waals surface area contributed by atoms with Crippen LogP contribution in [0.25, 0.3) is 0 Å². The minimum atomic E-state index is -4.65. The van der Waals surface area contributed by atoms with Crippen LogP contribution in [0, 0.1) is 0 Å². The maximum Gasteiger partial charge on any atom is 0.416 e. The van der Waals surface area contributed by atoms with E-state index in [2.05, 4.69) is 10.3 Å². The Kier molecular flexibility index (Phi) is 6.50. The highest BCUT2D eigenvalue weighted by Crippen LogP contribution is 2.35. The van der Waals surface area contributed by atoms with Crippen molar-refractivity contribution in [3.63, 3.8) is 0 Å². The lowest BCUT2D eigenvalue weighted by Crippen LogP contribution is -2.18. The molecule has 13 heteroatoms. The fraction of sp³-hybridized carbons (Fsp3) is 0.188. The molecule has 0 amide bonds. The number of benzene rings is 2. The molecule has 0 aliphatic carbocycles. The van der Waals surface area contributed by atoms with Gasteiger partial charge in [0.15, 0.2) is 0 Å². The number of halogens is 4. The molecule has 29 heavy (non-hydrogen) atoms. The maximum absolute atomic E-state index is 12.8. The predicted octanol–water partition coefficient (Wildman–Crippen LogP) is 4.83. The minimum Gasteiger partial charge on any atom is -0.478 e. The van der Waals surface area contributed by atoms with Gasteiger partial charge < -0.3 is 5.11 Å². The van der Waals surface area contributed by atoms with Crippen LogP contribution in [0.2, 0.25) is 5.02 Å². The molecule has 2 N–H and O–H groups in total. The molecule has 0 fully saturated rings. The smallest absolute Gasteiger partial charge is 0.416 e. The summed E-state index contributed by atoms with van der Waals surface area (Å²) >= 11 is 5.84. The standard InChI is InChI=1S/C16H13ClF3N3O5S/c1-2-23(14-6-4-10(29(26,27)28)8-11(14)15(24)25)22-21-13-7-9(16(18,19)20)3-5-12(13)17/h3-8H,2H2,1H3,(H,24,25)(H,26,27,28). The van der Waals surface area contributed by atoms with Crippen molar-refractivity contribution in [2.45, 2.75) is 18.0 Å². The molecule has 0 bridgehead atoms. The molecule has 0 aliphatic heterocycles. The van der Waals surface area contributed by atoms with Gasteiger partial charge in [-0.05, 0) is 43.3 Å². The Morgan fingerprint density at radius 2 is 1.86 bits per heavy atom. The third kappa shape index (κ3) is 5.43. The summed E-state index contributed by atoms with van der Waals surface area (Å²) in [7, 11) is -4.65. The molecule has 0 spiro atoms. The van der Waals surface area contributed by atoms with Gasteiger partial charge in [-0.25, -0.2) is 9.80 Å². The highest BCUT2D eigenvalue weighted by molar-refractivity contribution is 7.85. The highest BCUT2D eigenvalue weighted by Gasteiger charge is 2.31.